The molecule has 1 aliphatic heterocycles. The maximum Gasteiger partial charge on any atom is 0.245 e. The van der Waals surface area contributed by atoms with Crippen LogP contribution in [-0.2, 0) is 11.3 Å². The Hall–Kier alpha value is -2.93. The van der Waals surface area contributed by atoms with E-state index in [1.807, 2.05) is 24.3 Å². The van der Waals surface area contributed by atoms with E-state index in [1.165, 1.54) is 6.07 Å². The van der Waals surface area contributed by atoms with E-state index in [0.29, 0.717) is 36.3 Å². The second kappa shape index (κ2) is 7.53. The second-order valence-corrected chi connectivity index (χ2v) is 5.99. The van der Waals surface area contributed by atoms with Gasteiger partial charge in [0.25, 0.3) is 0 Å². The van der Waals surface area contributed by atoms with E-state index < -0.39 is 0 Å². The molecule has 2 aromatic carbocycles. The van der Waals surface area contributed by atoms with Crippen LogP contribution in [0.3, 0.4) is 0 Å². The number of anilines is 1. The largest absolute Gasteiger partial charge is 0.489 e. The molecule has 1 aromatic heterocycles. The van der Waals surface area contributed by atoms with Crippen LogP contribution in [-0.4, -0.2) is 41.5 Å². The predicted octanol–water partition coefficient (Wildman–Crippen LogP) is 3.03. The van der Waals surface area contributed by atoms with Gasteiger partial charge in [-0.3, -0.25) is 5.10 Å². The molecule has 0 unspecified atom stereocenters. The number of aromatic amines is 1. The number of H-pyrrole nitrogens is 1. The summed E-state index contributed by atoms with van der Waals surface area (Å²) >= 11 is 0. The Balaban J connectivity index is 1.47. The molecular weight excluding hydrogens is 335 g/mol. The zero-order valence-corrected chi connectivity index (χ0v) is 14.2. The molecule has 4 rings (SSSR count). The number of morpholine rings is 1. The summed E-state index contributed by atoms with van der Waals surface area (Å²) in [7, 11) is 0. The van der Waals surface area contributed by atoms with Gasteiger partial charge < -0.3 is 14.4 Å². The summed E-state index contributed by atoms with van der Waals surface area (Å²) in [6, 6.07) is 14.1. The summed E-state index contributed by atoms with van der Waals surface area (Å²) in [5.74, 6) is 1.72. The number of nitrogens with zero attached hydrogens (tertiary/aromatic N) is 3. The maximum atomic E-state index is 13.7. The fourth-order valence-electron chi connectivity index (χ4n) is 2.80. The third-order valence-electron chi connectivity index (χ3n) is 4.23. The van der Waals surface area contributed by atoms with Crippen LogP contribution < -0.4 is 9.64 Å². The first-order valence-corrected chi connectivity index (χ1v) is 8.51. The number of aromatic nitrogens is 3. The number of halogens is 1. The molecule has 134 valence electrons. The van der Waals surface area contributed by atoms with Gasteiger partial charge in [0.15, 0.2) is 5.82 Å². The minimum absolute atomic E-state index is 0.172. The standard InChI is InChI=1S/C19H19FN4O2/c20-17-7-2-1-4-15(17)13-26-16-6-3-5-14(12-16)18-21-19(23-22-18)24-8-10-25-11-9-24/h1-7,12H,8-11,13H2,(H,21,22,23). The lowest BCUT2D eigenvalue weighted by Gasteiger charge is -2.25. The fraction of sp³-hybridized carbons (Fsp3) is 0.263. The van der Waals surface area contributed by atoms with E-state index in [0.717, 1.165) is 18.7 Å². The molecule has 1 aliphatic rings. The van der Waals surface area contributed by atoms with Crippen molar-refractivity contribution in [2.75, 3.05) is 31.2 Å². The molecule has 0 spiro atoms. The normalized spacial score (nSPS) is 14.4. The van der Waals surface area contributed by atoms with Crippen LogP contribution in [0.2, 0.25) is 0 Å². The van der Waals surface area contributed by atoms with Crippen LogP contribution >= 0.6 is 0 Å². The monoisotopic (exact) mass is 354 g/mol. The van der Waals surface area contributed by atoms with Gasteiger partial charge in [0.2, 0.25) is 5.95 Å². The molecular formula is C19H19FN4O2. The van der Waals surface area contributed by atoms with Crippen LogP contribution in [0, 0.1) is 5.82 Å². The van der Waals surface area contributed by atoms with Crippen LogP contribution in [0.1, 0.15) is 5.56 Å². The van der Waals surface area contributed by atoms with E-state index in [1.54, 1.807) is 18.2 Å². The van der Waals surface area contributed by atoms with Crippen molar-refractivity contribution in [2.24, 2.45) is 0 Å². The fourth-order valence-corrected chi connectivity index (χ4v) is 2.80. The average Bonchev–Trinajstić information content (AvgIpc) is 3.19. The molecule has 1 N–H and O–H groups in total. The first-order valence-electron chi connectivity index (χ1n) is 8.51. The first kappa shape index (κ1) is 16.5. The van der Waals surface area contributed by atoms with Crippen molar-refractivity contribution >= 4 is 5.95 Å². The van der Waals surface area contributed by atoms with Gasteiger partial charge in [-0.1, -0.05) is 30.3 Å². The minimum atomic E-state index is -0.269. The Morgan fingerprint density at radius 1 is 1.12 bits per heavy atom. The molecule has 6 nitrogen and oxygen atoms in total. The van der Waals surface area contributed by atoms with Crippen molar-refractivity contribution in [2.45, 2.75) is 6.61 Å². The molecule has 26 heavy (non-hydrogen) atoms. The number of hydrogen-bond acceptors (Lipinski definition) is 5. The highest BCUT2D eigenvalue weighted by molar-refractivity contribution is 5.58. The second-order valence-electron chi connectivity index (χ2n) is 5.99. The maximum absolute atomic E-state index is 13.7. The number of hydrogen-bond donors (Lipinski definition) is 1. The van der Waals surface area contributed by atoms with E-state index in [4.69, 9.17) is 9.47 Å². The van der Waals surface area contributed by atoms with Crippen LogP contribution in [0.5, 0.6) is 5.75 Å². The van der Waals surface area contributed by atoms with E-state index in [-0.39, 0.29) is 12.4 Å². The summed E-state index contributed by atoms with van der Waals surface area (Å²) in [5.41, 5.74) is 1.38. The molecule has 0 saturated carbocycles. The molecule has 1 fully saturated rings. The van der Waals surface area contributed by atoms with Gasteiger partial charge in [0.1, 0.15) is 18.2 Å². The lowest BCUT2D eigenvalue weighted by molar-refractivity contribution is 0.122. The molecule has 0 amide bonds. The number of rotatable bonds is 5. The van der Waals surface area contributed by atoms with Crippen LogP contribution in [0.15, 0.2) is 48.5 Å². The Labute approximate surface area is 150 Å². The van der Waals surface area contributed by atoms with Gasteiger partial charge in [-0.2, -0.15) is 4.98 Å². The van der Waals surface area contributed by atoms with Crippen LogP contribution in [0.4, 0.5) is 10.3 Å². The molecule has 0 bridgehead atoms. The van der Waals surface area contributed by atoms with Gasteiger partial charge in [-0.15, -0.1) is 5.10 Å². The molecule has 2 heterocycles. The third kappa shape index (κ3) is 3.67. The smallest absolute Gasteiger partial charge is 0.245 e. The van der Waals surface area contributed by atoms with Crippen LogP contribution in [0.25, 0.3) is 11.4 Å². The molecule has 3 aromatic rings. The quantitative estimate of drug-likeness (QED) is 0.763. The Kier molecular flexibility index (Phi) is 4.79. The Bertz CT molecular complexity index is 877. The number of benzene rings is 2. The highest BCUT2D eigenvalue weighted by atomic mass is 19.1. The topological polar surface area (TPSA) is 63.3 Å². The van der Waals surface area contributed by atoms with Gasteiger partial charge in [0.05, 0.1) is 13.2 Å². The third-order valence-corrected chi connectivity index (χ3v) is 4.23. The van der Waals surface area contributed by atoms with Gasteiger partial charge in [-0.25, -0.2) is 4.39 Å². The molecule has 7 heteroatoms. The Morgan fingerprint density at radius 3 is 2.81 bits per heavy atom. The van der Waals surface area contributed by atoms with E-state index in [2.05, 4.69) is 20.1 Å². The lowest BCUT2D eigenvalue weighted by Crippen LogP contribution is -2.36. The zero-order chi connectivity index (χ0) is 17.8. The first-order chi connectivity index (χ1) is 12.8. The van der Waals surface area contributed by atoms with Gasteiger partial charge in [0, 0.05) is 24.2 Å². The van der Waals surface area contributed by atoms with Crippen molar-refractivity contribution in [3.8, 4) is 17.1 Å². The molecule has 0 atom stereocenters. The number of ether oxygens (including phenoxy) is 2. The summed E-state index contributed by atoms with van der Waals surface area (Å²) in [6.07, 6.45) is 0. The highest BCUT2D eigenvalue weighted by Gasteiger charge is 2.16. The van der Waals surface area contributed by atoms with E-state index >= 15 is 0 Å². The predicted molar refractivity (Wildman–Crippen MR) is 95.6 cm³/mol. The van der Waals surface area contributed by atoms with Crippen molar-refractivity contribution in [1.29, 1.82) is 0 Å². The molecule has 0 radical (unpaired) electrons. The Morgan fingerprint density at radius 2 is 1.96 bits per heavy atom. The summed E-state index contributed by atoms with van der Waals surface area (Å²) < 4.78 is 24.8. The SMILES string of the molecule is Fc1ccccc1COc1cccc(-c2nc(N3CCOCC3)n[nH]2)c1. The average molecular weight is 354 g/mol. The zero-order valence-electron chi connectivity index (χ0n) is 14.2. The van der Waals surface area contributed by atoms with E-state index in [9.17, 15) is 4.39 Å². The summed E-state index contributed by atoms with van der Waals surface area (Å²) in [6.45, 7) is 3.10. The number of nitrogens with one attached hydrogen (secondary N) is 1. The minimum Gasteiger partial charge on any atom is -0.489 e. The van der Waals surface area contributed by atoms with Gasteiger partial charge in [-0.05, 0) is 18.2 Å². The lowest BCUT2D eigenvalue weighted by atomic mass is 10.2. The van der Waals surface area contributed by atoms with Crippen molar-refractivity contribution in [3.63, 3.8) is 0 Å². The van der Waals surface area contributed by atoms with Crippen molar-refractivity contribution in [3.05, 3.63) is 59.9 Å². The van der Waals surface area contributed by atoms with Crippen molar-refractivity contribution < 1.29 is 13.9 Å². The summed E-state index contributed by atoms with van der Waals surface area (Å²) in [4.78, 5) is 6.65. The molecule has 0 aliphatic carbocycles. The van der Waals surface area contributed by atoms with Gasteiger partial charge >= 0.3 is 0 Å². The molecule has 1 saturated heterocycles. The summed E-state index contributed by atoms with van der Waals surface area (Å²) in [5, 5.41) is 7.27. The van der Waals surface area contributed by atoms with Crippen molar-refractivity contribution in [1.82, 2.24) is 15.2 Å². The highest BCUT2D eigenvalue weighted by Crippen LogP contribution is 2.23.